The Morgan fingerprint density at radius 1 is 1.09 bits per heavy atom. The fourth-order valence-corrected chi connectivity index (χ4v) is 3.01. The molecular weight excluding hydrogens is 294 g/mol. The van der Waals surface area contributed by atoms with Crippen LogP contribution in [0.4, 0.5) is 0 Å². The highest BCUT2D eigenvalue weighted by molar-refractivity contribution is 5.85. The topological polar surface area (TPSA) is 49.3 Å². The molecule has 0 radical (unpaired) electrons. The van der Waals surface area contributed by atoms with Crippen LogP contribution in [0.3, 0.4) is 0 Å². The SMILES string of the molecule is CCOC(CN=Cc1cc(OC)c(OC)c2c1CCC2)OCC. The third-order valence-electron chi connectivity index (χ3n) is 3.96. The second-order valence-electron chi connectivity index (χ2n) is 5.35. The van der Waals surface area contributed by atoms with Crippen molar-refractivity contribution < 1.29 is 18.9 Å². The molecule has 128 valence electrons. The average molecular weight is 321 g/mol. The molecule has 0 unspecified atom stereocenters. The zero-order valence-corrected chi connectivity index (χ0v) is 14.6. The van der Waals surface area contributed by atoms with Gasteiger partial charge in [0.1, 0.15) is 0 Å². The lowest BCUT2D eigenvalue weighted by Crippen LogP contribution is -2.20. The van der Waals surface area contributed by atoms with E-state index in [1.54, 1.807) is 14.2 Å². The van der Waals surface area contributed by atoms with Crippen LogP contribution in [0.2, 0.25) is 0 Å². The van der Waals surface area contributed by atoms with Crippen molar-refractivity contribution in [1.82, 2.24) is 0 Å². The van der Waals surface area contributed by atoms with E-state index in [1.165, 1.54) is 11.1 Å². The Kier molecular flexibility index (Phi) is 6.86. The van der Waals surface area contributed by atoms with E-state index in [1.807, 2.05) is 26.1 Å². The number of methoxy groups -OCH3 is 2. The van der Waals surface area contributed by atoms with Gasteiger partial charge in [-0.2, -0.15) is 0 Å². The predicted molar refractivity (Wildman–Crippen MR) is 91.1 cm³/mol. The molecule has 5 heteroatoms. The second-order valence-corrected chi connectivity index (χ2v) is 5.35. The van der Waals surface area contributed by atoms with E-state index >= 15 is 0 Å². The van der Waals surface area contributed by atoms with E-state index in [0.717, 1.165) is 36.3 Å². The summed E-state index contributed by atoms with van der Waals surface area (Å²) in [5.41, 5.74) is 3.66. The number of rotatable bonds is 9. The van der Waals surface area contributed by atoms with Crippen molar-refractivity contribution in [2.24, 2.45) is 4.99 Å². The minimum Gasteiger partial charge on any atom is -0.493 e. The minimum absolute atomic E-state index is 0.283. The Labute approximate surface area is 138 Å². The summed E-state index contributed by atoms with van der Waals surface area (Å²) >= 11 is 0. The molecule has 0 heterocycles. The first-order chi connectivity index (χ1) is 11.2. The Balaban J connectivity index is 2.19. The smallest absolute Gasteiger partial charge is 0.176 e. The molecule has 23 heavy (non-hydrogen) atoms. The number of aliphatic imine (C=N–C) groups is 1. The number of nitrogens with zero attached hydrogens (tertiary/aromatic N) is 1. The molecule has 0 aliphatic heterocycles. The van der Waals surface area contributed by atoms with Gasteiger partial charge in [-0.15, -0.1) is 0 Å². The van der Waals surface area contributed by atoms with Gasteiger partial charge in [0.25, 0.3) is 0 Å². The van der Waals surface area contributed by atoms with E-state index in [2.05, 4.69) is 4.99 Å². The van der Waals surface area contributed by atoms with E-state index in [9.17, 15) is 0 Å². The summed E-state index contributed by atoms with van der Waals surface area (Å²) in [5.74, 6) is 1.62. The molecule has 0 saturated heterocycles. The molecule has 1 aromatic carbocycles. The van der Waals surface area contributed by atoms with Crippen LogP contribution in [0.1, 0.15) is 37.0 Å². The van der Waals surface area contributed by atoms with Crippen molar-refractivity contribution in [3.8, 4) is 11.5 Å². The van der Waals surface area contributed by atoms with E-state index in [-0.39, 0.29) is 6.29 Å². The van der Waals surface area contributed by atoms with Gasteiger partial charge in [-0.1, -0.05) is 0 Å². The maximum atomic E-state index is 5.53. The third kappa shape index (κ3) is 4.24. The van der Waals surface area contributed by atoms with Gasteiger partial charge >= 0.3 is 0 Å². The van der Waals surface area contributed by atoms with Crippen molar-refractivity contribution in [2.45, 2.75) is 39.4 Å². The first kappa shape index (κ1) is 17.8. The van der Waals surface area contributed by atoms with Gasteiger partial charge in [-0.25, -0.2) is 0 Å². The van der Waals surface area contributed by atoms with Crippen LogP contribution in [-0.4, -0.2) is 46.5 Å². The molecule has 1 aromatic rings. The molecule has 0 saturated carbocycles. The van der Waals surface area contributed by atoms with Crippen molar-refractivity contribution in [1.29, 1.82) is 0 Å². The number of hydrogen-bond donors (Lipinski definition) is 0. The zero-order valence-electron chi connectivity index (χ0n) is 14.6. The lowest BCUT2D eigenvalue weighted by atomic mass is 10.0. The number of benzene rings is 1. The first-order valence-electron chi connectivity index (χ1n) is 8.24. The second kappa shape index (κ2) is 8.89. The highest BCUT2D eigenvalue weighted by atomic mass is 16.7. The summed E-state index contributed by atoms with van der Waals surface area (Å²) in [6.45, 7) is 5.64. The molecule has 2 rings (SSSR count). The molecule has 0 amide bonds. The van der Waals surface area contributed by atoms with Crippen molar-refractivity contribution in [2.75, 3.05) is 34.0 Å². The quantitative estimate of drug-likeness (QED) is 0.518. The van der Waals surface area contributed by atoms with Gasteiger partial charge in [-0.3, -0.25) is 4.99 Å². The van der Waals surface area contributed by atoms with Crippen molar-refractivity contribution >= 4 is 6.21 Å². The monoisotopic (exact) mass is 321 g/mol. The molecule has 0 N–H and O–H groups in total. The van der Waals surface area contributed by atoms with Crippen LogP contribution in [0, 0.1) is 0 Å². The van der Waals surface area contributed by atoms with Gasteiger partial charge in [0.05, 0.1) is 20.8 Å². The van der Waals surface area contributed by atoms with Gasteiger partial charge in [0.15, 0.2) is 17.8 Å². The van der Waals surface area contributed by atoms with Crippen molar-refractivity contribution in [3.05, 3.63) is 22.8 Å². The fraction of sp³-hybridized carbons (Fsp3) is 0.611. The van der Waals surface area contributed by atoms with Crippen LogP contribution in [0.25, 0.3) is 0 Å². The average Bonchev–Trinajstić information content (AvgIpc) is 3.04. The predicted octanol–water partition coefficient (Wildman–Crippen LogP) is 3.01. The molecular formula is C18H27NO4. The third-order valence-corrected chi connectivity index (χ3v) is 3.96. The Morgan fingerprint density at radius 3 is 2.39 bits per heavy atom. The lowest BCUT2D eigenvalue weighted by molar-refractivity contribution is -0.128. The molecule has 0 spiro atoms. The Morgan fingerprint density at radius 2 is 1.78 bits per heavy atom. The summed E-state index contributed by atoms with van der Waals surface area (Å²) in [7, 11) is 3.36. The van der Waals surface area contributed by atoms with Gasteiger partial charge in [0.2, 0.25) is 0 Å². The molecule has 0 bridgehead atoms. The summed E-state index contributed by atoms with van der Waals surface area (Å²) in [5, 5.41) is 0. The van der Waals surface area contributed by atoms with E-state index in [0.29, 0.717) is 19.8 Å². The summed E-state index contributed by atoms with van der Waals surface area (Å²) < 4.78 is 22.0. The van der Waals surface area contributed by atoms with Crippen LogP contribution in [0.5, 0.6) is 11.5 Å². The minimum atomic E-state index is -0.283. The normalized spacial score (nSPS) is 13.8. The first-order valence-corrected chi connectivity index (χ1v) is 8.24. The van der Waals surface area contributed by atoms with Crippen LogP contribution < -0.4 is 9.47 Å². The van der Waals surface area contributed by atoms with E-state index in [4.69, 9.17) is 18.9 Å². The van der Waals surface area contributed by atoms with Crippen LogP contribution in [0.15, 0.2) is 11.1 Å². The van der Waals surface area contributed by atoms with Crippen LogP contribution in [-0.2, 0) is 22.3 Å². The molecule has 1 aliphatic carbocycles. The molecule has 5 nitrogen and oxygen atoms in total. The molecule has 1 aliphatic rings. The van der Waals surface area contributed by atoms with Gasteiger partial charge in [-0.05, 0) is 50.3 Å². The zero-order chi connectivity index (χ0) is 16.7. The summed E-state index contributed by atoms with van der Waals surface area (Å²) in [4.78, 5) is 4.52. The van der Waals surface area contributed by atoms with Gasteiger partial charge in [0, 0.05) is 25.0 Å². The van der Waals surface area contributed by atoms with E-state index < -0.39 is 0 Å². The largest absolute Gasteiger partial charge is 0.493 e. The maximum Gasteiger partial charge on any atom is 0.176 e. The number of ether oxygens (including phenoxy) is 4. The number of hydrogen-bond acceptors (Lipinski definition) is 5. The highest BCUT2D eigenvalue weighted by Gasteiger charge is 2.22. The lowest BCUT2D eigenvalue weighted by Gasteiger charge is -2.15. The standard InChI is InChI=1S/C18H27NO4/c1-5-22-17(23-6-2)12-19-11-13-10-16(20-3)18(21-4)15-9-7-8-14(13)15/h10-11,17H,5-9,12H2,1-4H3. The van der Waals surface area contributed by atoms with Crippen molar-refractivity contribution in [3.63, 3.8) is 0 Å². The molecule has 0 aromatic heterocycles. The highest BCUT2D eigenvalue weighted by Crippen LogP contribution is 2.40. The Bertz CT molecular complexity index is 536. The fourth-order valence-electron chi connectivity index (χ4n) is 3.01. The molecule has 0 fully saturated rings. The van der Waals surface area contributed by atoms with Crippen LogP contribution >= 0.6 is 0 Å². The molecule has 0 atom stereocenters. The Hall–Kier alpha value is -1.59. The van der Waals surface area contributed by atoms with Gasteiger partial charge < -0.3 is 18.9 Å². The summed E-state index contributed by atoms with van der Waals surface area (Å²) in [6.07, 6.45) is 4.83. The maximum absolute atomic E-state index is 5.53. The summed E-state index contributed by atoms with van der Waals surface area (Å²) in [6, 6.07) is 2.00. The number of fused-ring (bicyclic) bond motifs is 1.